The first-order chi connectivity index (χ1) is 5.63. The van der Waals surface area contributed by atoms with E-state index in [2.05, 4.69) is 0 Å². The molecule has 0 aliphatic carbocycles. The van der Waals surface area contributed by atoms with Gasteiger partial charge in [0.15, 0.2) is 0 Å². The summed E-state index contributed by atoms with van der Waals surface area (Å²) < 4.78 is 0. The molecular weight excluding hydrogens is 152 g/mol. The molecule has 0 aliphatic heterocycles. The highest BCUT2D eigenvalue weighted by Gasteiger charge is 2.12. The summed E-state index contributed by atoms with van der Waals surface area (Å²) in [5.74, 6) is -0.496. The van der Waals surface area contributed by atoms with Gasteiger partial charge in [0.05, 0.1) is 0 Å². The predicted molar refractivity (Wildman–Crippen MR) is 47.3 cm³/mol. The van der Waals surface area contributed by atoms with Gasteiger partial charge in [0, 0.05) is 0 Å². The monoisotopic (exact) mass is 164 g/mol. The Bertz CT molecular complexity index is 296. The van der Waals surface area contributed by atoms with Crippen LogP contribution in [0.4, 0.5) is 0 Å². The van der Waals surface area contributed by atoms with Crippen molar-refractivity contribution in [1.29, 1.82) is 0 Å². The van der Waals surface area contributed by atoms with Crippen molar-refractivity contribution in [3.8, 4) is 0 Å². The van der Waals surface area contributed by atoms with Crippen molar-refractivity contribution in [2.24, 2.45) is 11.5 Å². The van der Waals surface area contributed by atoms with Crippen molar-refractivity contribution in [3.63, 3.8) is 0 Å². The van der Waals surface area contributed by atoms with Crippen molar-refractivity contribution in [2.45, 2.75) is 13.0 Å². The molecule has 12 heavy (non-hydrogen) atoms. The Labute approximate surface area is 71.4 Å². The molecule has 0 bridgehead atoms. The lowest BCUT2D eigenvalue weighted by Gasteiger charge is -2.09. The maximum absolute atomic E-state index is 10.7. The van der Waals surface area contributed by atoms with Gasteiger partial charge in [0.1, 0.15) is 6.04 Å². The van der Waals surface area contributed by atoms with Crippen molar-refractivity contribution in [1.82, 2.24) is 0 Å². The number of benzene rings is 1. The molecule has 0 saturated heterocycles. The zero-order valence-corrected chi connectivity index (χ0v) is 6.95. The number of nitrogens with two attached hydrogens (primary N) is 2. The highest BCUT2D eigenvalue weighted by atomic mass is 16.1. The summed E-state index contributed by atoms with van der Waals surface area (Å²) in [6, 6.07) is 6.76. The third-order valence-corrected chi connectivity index (χ3v) is 1.83. The van der Waals surface area contributed by atoms with Crippen LogP contribution in [0.25, 0.3) is 0 Å². The molecule has 0 spiro atoms. The Morgan fingerprint density at radius 2 is 2.00 bits per heavy atom. The van der Waals surface area contributed by atoms with Crippen LogP contribution in [0.15, 0.2) is 24.3 Å². The van der Waals surface area contributed by atoms with E-state index in [1.807, 2.05) is 31.2 Å². The second-order valence-corrected chi connectivity index (χ2v) is 2.74. The molecule has 0 aromatic heterocycles. The predicted octanol–water partition coefficient (Wildman–Crippen LogP) is 0.480. The van der Waals surface area contributed by atoms with Gasteiger partial charge in [-0.1, -0.05) is 24.3 Å². The van der Waals surface area contributed by atoms with Crippen LogP contribution in [-0.2, 0) is 4.79 Å². The zero-order chi connectivity index (χ0) is 9.14. The normalized spacial score (nSPS) is 12.5. The van der Waals surface area contributed by atoms with E-state index in [-0.39, 0.29) is 0 Å². The summed E-state index contributed by atoms with van der Waals surface area (Å²) >= 11 is 0. The van der Waals surface area contributed by atoms with Crippen LogP contribution in [0.5, 0.6) is 0 Å². The van der Waals surface area contributed by atoms with E-state index in [1.54, 1.807) is 0 Å². The molecule has 0 radical (unpaired) electrons. The summed E-state index contributed by atoms with van der Waals surface area (Å²) in [6.07, 6.45) is 0. The second kappa shape index (κ2) is 3.36. The third-order valence-electron chi connectivity index (χ3n) is 1.83. The van der Waals surface area contributed by atoms with Crippen LogP contribution in [0, 0.1) is 6.92 Å². The molecular formula is C9H12N2O. The molecule has 0 unspecified atom stereocenters. The van der Waals surface area contributed by atoms with Crippen LogP contribution in [0.2, 0.25) is 0 Å². The largest absolute Gasteiger partial charge is 0.368 e. The van der Waals surface area contributed by atoms with Gasteiger partial charge in [0.2, 0.25) is 5.91 Å². The van der Waals surface area contributed by atoms with E-state index >= 15 is 0 Å². The smallest absolute Gasteiger partial charge is 0.238 e. The molecule has 3 nitrogen and oxygen atoms in total. The number of amides is 1. The Hall–Kier alpha value is -1.35. The lowest BCUT2D eigenvalue weighted by atomic mass is 10.0. The van der Waals surface area contributed by atoms with Crippen molar-refractivity contribution < 1.29 is 4.79 Å². The quantitative estimate of drug-likeness (QED) is 0.667. The third kappa shape index (κ3) is 1.62. The zero-order valence-electron chi connectivity index (χ0n) is 6.95. The van der Waals surface area contributed by atoms with E-state index in [0.717, 1.165) is 11.1 Å². The number of carbonyl (C=O) groups excluding carboxylic acids is 1. The summed E-state index contributed by atoms with van der Waals surface area (Å²) in [4.78, 5) is 10.7. The number of rotatable bonds is 2. The van der Waals surface area contributed by atoms with Crippen LogP contribution < -0.4 is 11.5 Å². The fourth-order valence-electron chi connectivity index (χ4n) is 1.09. The maximum Gasteiger partial charge on any atom is 0.238 e. The van der Waals surface area contributed by atoms with Gasteiger partial charge >= 0.3 is 0 Å². The minimum Gasteiger partial charge on any atom is -0.368 e. The molecule has 1 aromatic carbocycles. The van der Waals surface area contributed by atoms with Crippen LogP contribution in [0.3, 0.4) is 0 Å². The van der Waals surface area contributed by atoms with Gasteiger partial charge in [-0.2, -0.15) is 0 Å². The van der Waals surface area contributed by atoms with E-state index in [4.69, 9.17) is 11.5 Å². The lowest BCUT2D eigenvalue weighted by Crippen LogP contribution is -2.28. The number of hydrogen-bond donors (Lipinski definition) is 2. The molecule has 1 aromatic rings. The second-order valence-electron chi connectivity index (χ2n) is 2.74. The van der Waals surface area contributed by atoms with E-state index in [9.17, 15) is 4.79 Å². The fourth-order valence-corrected chi connectivity index (χ4v) is 1.09. The average Bonchev–Trinajstić information content (AvgIpc) is 2.04. The molecule has 0 fully saturated rings. The summed E-state index contributed by atoms with van der Waals surface area (Å²) in [5.41, 5.74) is 12.4. The molecule has 1 rings (SSSR count). The highest BCUT2D eigenvalue weighted by molar-refractivity contribution is 5.81. The van der Waals surface area contributed by atoms with Gasteiger partial charge in [-0.3, -0.25) is 4.79 Å². The molecule has 0 saturated carbocycles. The molecule has 0 aliphatic rings. The Morgan fingerprint density at radius 3 is 2.50 bits per heavy atom. The van der Waals surface area contributed by atoms with Crippen molar-refractivity contribution >= 4 is 5.91 Å². The van der Waals surface area contributed by atoms with Crippen LogP contribution in [-0.4, -0.2) is 5.91 Å². The topological polar surface area (TPSA) is 69.1 Å². The first-order valence-electron chi connectivity index (χ1n) is 3.73. The number of carbonyl (C=O) groups is 1. The first-order valence-corrected chi connectivity index (χ1v) is 3.73. The van der Waals surface area contributed by atoms with Gasteiger partial charge in [-0.15, -0.1) is 0 Å². The molecule has 4 N–H and O–H groups in total. The van der Waals surface area contributed by atoms with Gasteiger partial charge in [-0.05, 0) is 18.1 Å². The van der Waals surface area contributed by atoms with Gasteiger partial charge in [0.25, 0.3) is 0 Å². The van der Waals surface area contributed by atoms with Crippen molar-refractivity contribution in [2.75, 3.05) is 0 Å². The summed E-state index contributed by atoms with van der Waals surface area (Å²) in [5, 5.41) is 0. The number of hydrogen-bond acceptors (Lipinski definition) is 2. The Balaban J connectivity index is 3.02. The fraction of sp³-hybridized carbons (Fsp3) is 0.222. The average molecular weight is 164 g/mol. The molecule has 64 valence electrons. The molecule has 1 amide bonds. The van der Waals surface area contributed by atoms with Crippen LogP contribution >= 0.6 is 0 Å². The highest BCUT2D eigenvalue weighted by Crippen LogP contribution is 2.13. The summed E-state index contributed by atoms with van der Waals surface area (Å²) in [6.45, 7) is 1.90. The summed E-state index contributed by atoms with van der Waals surface area (Å²) in [7, 11) is 0. The van der Waals surface area contributed by atoms with Gasteiger partial charge in [-0.25, -0.2) is 0 Å². The van der Waals surface area contributed by atoms with Crippen LogP contribution in [0.1, 0.15) is 17.2 Å². The lowest BCUT2D eigenvalue weighted by molar-refractivity contribution is -0.119. The molecule has 0 heterocycles. The van der Waals surface area contributed by atoms with E-state index in [1.165, 1.54) is 0 Å². The maximum atomic E-state index is 10.7. The van der Waals surface area contributed by atoms with E-state index in [0.29, 0.717) is 0 Å². The number of primary amides is 1. The Kier molecular flexibility index (Phi) is 2.45. The van der Waals surface area contributed by atoms with Gasteiger partial charge < -0.3 is 11.5 Å². The van der Waals surface area contributed by atoms with Crippen molar-refractivity contribution in [3.05, 3.63) is 35.4 Å². The SMILES string of the molecule is Cc1ccccc1[C@H](N)C(N)=O. The standard InChI is InChI=1S/C9H12N2O/c1-6-4-2-3-5-7(6)8(10)9(11)12/h2-5,8H,10H2,1H3,(H2,11,12)/t8-/m0/s1. The van der Waals surface area contributed by atoms with E-state index < -0.39 is 11.9 Å². The molecule has 3 heteroatoms. The Morgan fingerprint density at radius 1 is 1.42 bits per heavy atom. The minimum atomic E-state index is -0.689. The first kappa shape index (κ1) is 8.74. The number of aryl methyl sites for hydroxylation is 1. The molecule has 1 atom stereocenters. The minimum absolute atomic E-state index is 0.496.